The molecular weight excluding hydrogens is 245 g/mol. The molecule has 108 valence electrons. The van der Waals surface area contributed by atoms with Gasteiger partial charge in [-0.2, -0.15) is 0 Å². The molecule has 0 spiro atoms. The van der Waals surface area contributed by atoms with Gasteiger partial charge in [0.2, 0.25) is 0 Å². The van der Waals surface area contributed by atoms with Gasteiger partial charge >= 0.3 is 0 Å². The number of rotatable bonds is 9. The molecular formula is C15H24FNO2. The zero-order valence-corrected chi connectivity index (χ0v) is 12.0. The van der Waals surface area contributed by atoms with Gasteiger partial charge in [0.25, 0.3) is 0 Å². The Morgan fingerprint density at radius 3 is 2.74 bits per heavy atom. The lowest BCUT2D eigenvalue weighted by Crippen LogP contribution is -2.35. The van der Waals surface area contributed by atoms with Crippen molar-refractivity contribution in [2.24, 2.45) is 0 Å². The number of aryl methyl sites for hydroxylation is 1. The average molecular weight is 269 g/mol. The highest BCUT2D eigenvalue weighted by atomic mass is 19.1. The highest BCUT2D eigenvalue weighted by molar-refractivity contribution is 5.27. The van der Waals surface area contributed by atoms with E-state index in [1.165, 1.54) is 6.07 Å². The Balaban J connectivity index is 2.51. The summed E-state index contributed by atoms with van der Waals surface area (Å²) in [5.74, 6) is -0.183. The largest absolute Gasteiger partial charge is 0.382 e. The molecule has 0 radical (unpaired) electrons. The van der Waals surface area contributed by atoms with Crippen LogP contribution in [-0.2, 0) is 15.9 Å². The molecule has 0 amide bonds. The maximum Gasteiger partial charge on any atom is 0.123 e. The van der Waals surface area contributed by atoms with Crippen LogP contribution in [0.25, 0.3) is 0 Å². The topological polar surface area (TPSA) is 30.5 Å². The van der Waals surface area contributed by atoms with Gasteiger partial charge in [-0.1, -0.05) is 13.0 Å². The van der Waals surface area contributed by atoms with Gasteiger partial charge in [-0.15, -0.1) is 0 Å². The van der Waals surface area contributed by atoms with Crippen molar-refractivity contribution in [3.05, 3.63) is 35.1 Å². The Hall–Kier alpha value is -0.970. The standard InChI is InChI=1S/C15H24FNO2/c1-4-17-15(11-19-8-7-18-3)10-13-5-6-14(16)9-12(13)2/h5-6,9,15,17H,4,7-8,10-11H2,1-3H3. The first kappa shape index (κ1) is 16.1. The van der Waals surface area contributed by atoms with Crippen molar-refractivity contribution in [2.45, 2.75) is 26.3 Å². The van der Waals surface area contributed by atoms with Gasteiger partial charge in [0.1, 0.15) is 5.82 Å². The third-order valence-corrected chi connectivity index (χ3v) is 3.01. The van der Waals surface area contributed by atoms with E-state index in [1.54, 1.807) is 13.2 Å². The minimum Gasteiger partial charge on any atom is -0.382 e. The molecule has 1 rings (SSSR count). The predicted octanol–water partition coefficient (Wildman–Crippen LogP) is 2.32. The van der Waals surface area contributed by atoms with Crippen LogP contribution in [-0.4, -0.2) is 39.5 Å². The van der Waals surface area contributed by atoms with E-state index in [9.17, 15) is 4.39 Å². The Labute approximate surface area is 115 Å². The molecule has 0 saturated heterocycles. The third kappa shape index (κ3) is 6.14. The van der Waals surface area contributed by atoms with Crippen molar-refractivity contribution in [3.63, 3.8) is 0 Å². The Morgan fingerprint density at radius 2 is 2.11 bits per heavy atom. The Morgan fingerprint density at radius 1 is 1.32 bits per heavy atom. The lowest BCUT2D eigenvalue weighted by Gasteiger charge is -2.19. The third-order valence-electron chi connectivity index (χ3n) is 3.01. The minimum absolute atomic E-state index is 0.183. The summed E-state index contributed by atoms with van der Waals surface area (Å²) in [5.41, 5.74) is 2.14. The van der Waals surface area contributed by atoms with Crippen molar-refractivity contribution in [1.29, 1.82) is 0 Å². The van der Waals surface area contributed by atoms with Crippen LogP contribution in [0, 0.1) is 12.7 Å². The lowest BCUT2D eigenvalue weighted by atomic mass is 10.0. The predicted molar refractivity (Wildman–Crippen MR) is 75.0 cm³/mol. The van der Waals surface area contributed by atoms with Gasteiger partial charge in [0, 0.05) is 13.2 Å². The van der Waals surface area contributed by atoms with Crippen molar-refractivity contribution >= 4 is 0 Å². The number of halogens is 1. The van der Waals surface area contributed by atoms with E-state index < -0.39 is 0 Å². The quantitative estimate of drug-likeness (QED) is 0.698. The normalized spacial score (nSPS) is 12.6. The zero-order chi connectivity index (χ0) is 14.1. The second-order valence-corrected chi connectivity index (χ2v) is 4.60. The summed E-state index contributed by atoms with van der Waals surface area (Å²) in [6.07, 6.45) is 0.840. The fourth-order valence-electron chi connectivity index (χ4n) is 2.00. The Bertz CT molecular complexity index is 371. The summed E-state index contributed by atoms with van der Waals surface area (Å²) in [6, 6.07) is 5.18. The molecule has 0 saturated carbocycles. The summed E-state index contributed by atoms with van der Waals surface area (Å²) in [4.78, 5) is 0. The van der Waals surface area contributed by atoms with E-state index in [2.05, 4.69) is 12.2 Å². The van der Waals surface area contributed by atoms with Crippen molar-refractivity contribution in [3.8, 4) is 0 Å². The van der Waals surface area contributed by atoms with E-state index >= 15 is 0 Å². The van der Waals surface area contributed by atoms with Crippen LogP contribution in [0.15, 0.2) is 18.2 Å². The number of likely N-dealkylation sites (N-methyl/N-ethyl adjacent to an activating group) is 1. The first-order valence-corrected chi connectivity index (χ1v) is 6.72. The summed E-state index contributed by atoms with van der Waals surface area (Å²) in [5, 5.41) is 3.39. The first-order chi connectivity index (χ1) is 9.17. The molecule has 1 unspecified atom stereocenters. The van der Waals surface area contributed by atoms with Crippen LogP contribution in [0.5, 0.6) is 0 Å². The molecule has 0 aromatic heterocycles. The number of hydrogen-bond acceptors (Lipinski definition) is 3. The van der Waals surface area contributed by atoms with Crippen molar-refractivity contribution in [2.75, 3.05) is 33.5 Å². The van der Waals surface area contributed by atoms with E-state index in [4.69, 9.17) is 9.47 Å². The second-order valence-electron chi connectivity index (χ2n) is 4.60. The molecule has 4 heteroatoms. The van der Waals surface area contributed by atoms with E-state index in [-0.39, 0.29) is 11.9 Å². The molecule has 0 aliphatic carbocycles. The second kappa shape index (κ2) is 9.02. The molecule has 1 N–H and O–H groups in total. The maximum atomic E-state index is 13.1. The summed E-state index contributed by atoms with van der Waals surface area (Å²) in [7, 11) is 1.66. The zero-order valence-electron chi connectivity index (χ0n) is 12.0. The molecule has 0 aliphatic heterocycles. The van der Waals surface area contributed by atoms with E-state index in [0.717, 1.165) is 24.1 Å². The number of nitrogens with one attached hydrogen (secondary N) is 1. The molecule has 0 bridgehead atoms. The summed E-state index contributed by atoms with van der Waals surface area (Å²) in [6.45, 7) is 6.73. The van der Waals surface area contributed by atoms with Gasteiger partial charge in [-0.05, 0) is 43.1 Å². The van der Waals surface area contributed by atoms with Crippen LogP contribution in [0.2, 0.25) is 0 Å². The minimum atomic E-state index is -0.183. The monoisotopic (exact) mass is 269 g/mol. The van der Waals surface area contributed by atoms with Gasteiger partial charge < -0.3 is 14.8 Å². The fraction of sp³-hybridized carbons (Fsp3) is 0.600. The number of methoxy groups -OCH3 is 1. The van der Waals surface area contributed by atoms with Crippen LogP contribution in [0.1, 0.15) is 18.1 Å². The summed E-state index contributed by atoms with van der Waals surface area (Å²) < 4.78 is 23.6. The van der Waals surface area contributed by atoms with Crippen LogP contribution in [0.4, 0.5) is 4.39 Å². The SMILES string of the molecule is CCNC(COCCOC)Cc1ccc(F)cc1C. The average Bonchev–Trinajstić information content (AvgIpc) is 2.38. The van der Waals surface area contributed by atoms with Crippen molar-refractivity contribution in [1.82, 2.24) is 5.32 Å². The van der Waals surface area contributed by atoms with Gasteiger partial charge in [-0.25, -0.2) is 4.39 Å². The molecule has 0 fully saturated rings. The Kier molecular flexibility index (Phi) is 7.63. The maximum absolute atomic E-state index is 13.1. The summed E-state index contributed by atoms with van der Waals surface area (Å²) >= 11 is 0. The molecule has 1 aromatic carbocycles. The van der Waals surface area contributed by atoms with Gasteiger partial charge in [-0.3, -0.25) is 0 Å². The van der Waals surface area contributed by atoms with Crippen LogP contribution in [0.3, 0.4) is 0 Å². The first-order valence-electron chi connectivity index (χ1n) is 6.72. The number of ether oxygens (including phenoxy) is 2. The molecule has 19 heavy (non-hydrogen) atoms. The van der Waals surface area contributed by atoms with E-state index in [0.29, 0.717) is 19.8 Å². The lowest BCUT2D eigenvalue weighted by molar-refractivity contribution is 0.0589. The number of benzene rings is 1. The smallest absolute Gasteiger partial charge is 0.123 e. The van der Waals surface area contributed by atoms with Gasteiger partial charge in [0.15, 0.2) is 0 Å². The highest BCUT2D eigenvalue weighted by Gasteiger charge is 2.10. The van der Waals surface area contributed by atoms with Crippen LogP contribution < -0.4 is 5.32 Å². The van der Waals surface area contributed by atoms with E-state index in [1.807, 2.05) is 13.0 Å². The number of hydrogen-bond donors (Lipinski definition) is 1. The van der Waals surface area contributed by atoms with Crippen LogP contribution >= 0.6 is 0 Å². The highest BCUT2D eigenvalue weighted by Crippen LogP contribution is 2.12. The van der Waals surface area contributed by atoms with Crippen molar-refractivity contribution < 1.29 is 13.9 Å². The molecule has 0 aliphatic rings. The van der Waals surface area contributed by atoms with Gasteiger partial charge in [0.05, 0.1) is 19.8 Å². The molecule has 0 heterocycles. The fourth-order valence-corrected chi connectivity index (χ4v) is 2.00. The molecule has 1 atom stereocenters. The molecule has 1 aromatic rings. The molecule has 3 nitrogen and oxygen atoms in total.